The average Bonchev–Trinajstić information content (AvgIpc) is 2.85. The molecule has 120 valence electrons. The highest BCUT2D eigenvalue weighted by molar-refractivity contribution is 7.99. The van der Waals surface area contributed by atoms with E-state index in [1.165, 1.54) is 11.3 Å². The maximum atomic E-state index is 12.5. The van der Waals surface area contributed by atoms with Gasteiger partial charge in [0.05, 0.1) is 5.39 Å². The number of thiophene rings is 1. The predicted molar refractivity (Wildman–Crippen MR) is 92.9 cm³/mol. The van der Waals surface area contributed by atoms with Gasteiger partial charge in [-0.2, -0.15) is 0 Å². The van der Waals surface area contributed by atoms with E-state index < -0.39 is 0 Å². The molecule has 0 aromatic carbocycles. The second-order valence-electron chi connectivity index (χ2n) is 5.28. The van der Waals surface area contributed by atoms with Gasteiger partial charge in [0.15, 0.2) is 5.16 Å². The summed E-state index contributed by atoms with van der Waals surface area (Å²) in [6.07, 6.45) is 1.31. The number of fused-ring (bicyclic) bond motifs is 1. The van der Waals surface area contributed by atoms with E-state index in [4.69, 9.17) is 0 Å². The van der Waals surface area contributed by atoms with Gasteiger partial charge in [-0.1, -0.05) is 11.8 Å². The number of hydrogen-bond donors (Lipinski definition) is 0. The zero-order chi connectivity index (χ0) is 16.3. The maximum Gasteiger partial charge on any atom is 0.263 e. The Kier molecular flexibility index (Phi) is 5.63. The molecule has 7 heteroatoms. The van der Waals surface area contributed by atoms with Gasteiger partial charge in [-0.05, 0) is 31.2 Å². The molecule has 2 aromatic heterocycles. The summed E-state index contributed by atoms with van der Waals surface area (Å²) in [5.41, 5.74) is 1.03. The van der Waals surface area contributed by atoms with Crippen LogP contribution in [0.4, 0.5) is 0 Å². The van der Waals surface area contributed by atoms with Crippen molar-refractivity contribution in [1.29, 1.82) is 0 Å². The Labute approximate surface area is 138 Å². The molecule has 2 aromatic rings. The largest absolute Gasteiger partial charge is 0.349 e. The van der Waals surface area contributed by atoms with Gasteiger partial charge in [-0.15, -0.1) is 11.3 Å². The van der Waals surface area contributed by atoms with Crippen molar-refractivity contribution in [1.82, 2.24) is 14.5 Å². The van der Waals surface area contributed by atoms with Crippen LogP contribution in [0.15, 0.2) is 15.3 Å². The molecule has 0 atom stereocenters. The number of nitrogens with zero attached hydrogens (tertiary/aromatic N) is 3. The van der Waals surface area contributed by atoms with Crippen LogP contribution in [0.1, 0.15) is 25.3 Å². The number of aromatic nitrogens is 2. The predicted octanol–water partition coefficient (Wildman–Crippen LogP) is 2.75. The highest BCUT2D eigenvalue weighted by Gasteiger charge is 2.14. The minimum atomic E-state index is 0.0399. The molecular weight excluding hydrogens is 318 g/mol. The lowest BCUT2D eigenvalue weighted by atomic mass is 10.3. The first kappa shape index (κ1) is 17.0. The van der Waals surface area contributed by atoms with Gasteiger partial charge in [0.2, 0.25) is 5.91 Å². The molecule has 2 rings (SSSR count). The van der Waals surface area contributed by atoms with E-state index in [2.05, 4.69) is 4.98 Å². The number of hydrogen-bond acceptors (Lipinski definition) is 5. The summed E-state index contributed by atoms with van der Waals surface area (Å²) in [6.45, 7) is 4.51. The molecule has 1 amide bonds. The zero-order valence-corrected chi connectivity index (χ0v) is 15.0. The number of thioether (sulfide) groups is 1. The van der Waals surface area contributed by atoms with Crippen molar-refractivity contribution in [3.05, 3.63) is 21.3 Å². The molecule has 0 spiro atoms. The molecule has 0 radical (unpaired) electrons. The third-order valence-corrected chi connectivity index (χ3v) is 5.48. The van der Waals surface area contributed by atoms with Gasteiger partial charge in [0.1, 0.15) is 4.83 Å². The van der Waals surface area contributed by atoms with Crippen molar-refractivity contribution in [3.8, 4) is 0 Å². The number of carbonyl (C=O) groups excluding carboxylic acids is 1. The van der Waals surface area contributed by atoms with Crippen molar-refractivity contribution in [2.24, 2.45) is 0 Å². The van der Waals surface area contributed by atoms with Gasteiger partial charge in [-0.3, -0.25) is 14.2 Å². The van der Waals surface area contributed by atoms with E-state index in [-0.39, 0.29) is 11.5 Å². The standard InChI is InChI=1S/C15H21N3O2S2/c1-5-18-14(20)12-10(2)9-22-13(12)16-15(18)21-8-6-7-11(19)17(3)4/h9H,5-8H2,1-4H3. The van der Waals surface area contributed by atoms with Crippen molar-refractivity contribution >= 4 is 39.2 Å². The molecule has 5 nitrogen and oxygen atoms in total. The fourth-order valence-electron chi connectivity index (χ4n) is 2.14. The molecular formula is C15H21N3O2S2. The summed E-state index contributed by atoms with van der Waals surface area (Å²) in [5, 5.41) is 3.46. The third kappa shape index (κ3) is 3.52. The first-order valence-electron chi connectivity index (χ1n) is 7.27. The van der Waals surface area contributed by atoms with Crippen molar-refractivity contribution in [2.45, 2.75) is 38.4 Å². The van der Waals surface area contributed by atoms with Gasteiger partial charge >= 0.3 is 0 Å². The monoisotopic (exact) mass is 339 g/mol. The number of aryl methyl sites for hydroxylation is 1. The zero-order valence-electron chi connectivity index (χ0n) is 13.4. The van der Waals surface area contributed by atoms with Crippen LogP contribution < -0.4 is 5.56 Å². The average molecular weight is 339 g/mol. The maximum absolute atomic E-state index is 12.5. The SMILES string of the molecule is CCn1c(SCCCC(=O)N(C)C)nc2scc(C)c2c1=O. The van der Waals surface area contributed by atoms with Crippen LogP contribution >= 0.6 is 23.1 Å². The van der Waals surface area contributed by atoms with Crippen LogP contribution in [0.5, 0.6) is 0 Å². The smallest absolute Gasteiger partial charge is 0.263 e. The van der Waals surface area contributed by atoms with E-state index in [1.54, 1.807) is 35.3 Å². The molecule has 0 saturated carbocycles. The molecule has 0 unspecified atom stereocenters. The highest BCUT2D eigenvalue weighted by Crippen LogP contribution is 2.24. The lowest BCUT2D eigenvalue weighted by Crippen LogP contribution is -2.23. The Bertz CT molecular complexity index is 734. The topological polar surface area (TPSA) is 55.2 Å². The third-order valence-electron chi connectivity index (χ3n) is 3.42. The van der Waals surface area contributed by atoms with Crippen molar-refractivity contribution in [2.75, 3.05) is 19.8 Å². The summed E-state index contributed by atoms with van der Waals surface area (Å²) in [5.74, 6) is 0.910. The van der Waals surface area contributed by atoms with Gasteiger partial charge in [0, 0.05) is 32.8 Å². The highest BCUT2D eigenvalue weighted by atomic mass is 32.2. The molecule has 22 heavy (non-hydrogen) atoms. The van der Waals surface area contributed by atoms with E-state index in [9.17, 15) is 9.59 Å². The Morgan fingerprint density at radius 2 is 2.18 bits per heavy atom. The molecule has 0 bridgehead atoms. The fraction of sp³-hybridized carbons (Fsp3) is 0.533. The number of amides is 1. The first-order valence-corrected chi connectivity index (χ1v) is 9.13. The molecule has 0 N–H and O–H groups in total. The molecule has 0 aliphatic heterocycles. The first-order chi connectivity index (χ1) is 10.5. The van der Waals surface area contributed by atoms with Gasteiger partial charge in [0.25, 0.3) is 5.56 Å². The second kappa shape index (κ2) is 7.28. The van der Waals surface area contributed by atoms with E-state index in [0.717, 1.165) is 33.1 Å². The van der Waals surface area contributed by atoms with Crippen molar-refractivity contribution in [3.63, 3.8) is 0 Å². The lowest BCUT2D eigenvalue weighted by Gasteiger charge is -2.11. The fourth-order valence-corrected chi connectivity index (χ4v) is 4.11. The summed E-state index contributed by atoms with van der Waals surface area (Å²) in [7, 11) is 3.53. The van der Waals surface area contributed by atoms with Crippen molar-refractivity contribution < 1.29 is 4.79 Å². The minimum Gasteiger partial charge on any atom is -0.349 e. The molecule has 0 fully saturated rings. The summed E-state index contributed by atoms with van der Waals surface area (Å²) < 4.78 is 1.72. The van der Waals surface area contributed by atoms with Crippen LogP contribution in [0, 0.1) is 6.92 Å². The summed E-state index contributed by atoms with van der Waals surface area (Å²) in [4.78, 5) is 31.1. The molecule has 0 aliphatic rings. The minimum absolute atomic E-state index is 0.0399. The Hall–Kier alpha value is -1.34. The normalized spacial score (nSPS) is 11.1. The summed E-state index contributed by atoms with van der Waals surface area (Å²) >= 11 is 3.06. The number of rotatable bonds is 6. The molecule has 2 heterocycles. The Morgan fingerprint density at radius 1 is 1.45 bits per heavy atom. The van der Waals surface area contributed by atoms with Gasteiger partial charge in [-0.25, -0.2) is 4.98 Å². The van der Waals surface area contributed by atoms with Crippen LogP contribution in [0.3, 0.4) is 0 Å². The van der Waals surface area contributed by atoms with Crippen LogP contribution in [-0.4, -0.2) is 40.2 Å². The molecule has 0 aliphatic carbocycles. The quantitative estimate of drug-likeness (QED) is 0.461. The van der Waals surface area contributed by atoms with E-state index in [0.29, 0.717) is 13.0 Å². The molecule has 0 saturated heterocycles. The van der Waals surface area contributed by atoms with Crippen LogP contribution in [0.2, 0.25) is 0 Å². The lowest BCUT2D eigenvalue weighted by molar-refractivity contribution is -0.128. The van der Waals surface area contributed by atoms with E-state index >= 15 is 0 Å². The second-order valence-corrected chi connectivity index (χ2v) is 7.20. The Balaban J connectivity index is 2.14. The number of carbonyl (C=O) groups is 1. The van der Waals surface area contributed by atoms with E-state index in [1.807, 2.05) is 19.2 Å². The van der Waals surface area contributed by atoms with Crippen LogP contribution in [0.25, 0.3) is 10.2 Å². The Morgan fingerprint density at radius 3 is 2.82 bits per heavy atom. The van der Waals surface area contributed by atoms with Gasteiger partial charge < -0.3 is 4.90 Å². The summed E-state index contributed by atoms with van der Waals surface area (Å²) in [6, 6.07) is 0. The van der Waals surface area contributed by atoms with Crippen LogP contribution in [-0.2, 0) is 11.3 Å².